The molecule has 1 atom stereocenters. The SMILES string of the molecule is CC#CCCC(NCC)c1ccccc1SC. The van der Waals surface area contributed by atoms with Gasteiger partial charge in [-0.2, -0.15) is 0 Å². The first-order valence-electron chi connectivity index (χ1n) is 6.09. The molecule has 0 aromatic heterocycles. The van der Waals surface area contributed by atoms with Crippen LogP contribution in [0.1, 0.15) is 38.3 Å². The standard InChI is InChI=1S/C15H21NS/c1-4-6-7-11-14(16-5-2)13-10-8-9-12-15(13)17-3/h8-10,12,14,16H,5,7,11H2,1-3H3. The van der Waals surface area contributed by atoms with Crippen LogP contribution < -0.4 is 5.32 Å². The smallest absolute Gasteiger partial charge is 0.0340 e. The van der Waals surface area contributed by atoms with E-state index >= 15 is 0 Å². The number of thioether (sulfide) groups is 1. The molecule has 1 nitrogen and oxygen atoms in total. The molecule has 0 fully saturated rings. The Morgan fingerprint density at radius 2 is 2.12 bits per heavy atom. The Balaban J connectivity index is 2.82. The highest BCUT2D eigenvalue weighted by Gasteiger charge is 2.12. The summed E-state index contributed by atoms with van der Waals surface area (Å²) in [7, 11) is 0. The van der Waals surface area contributed by atoms with Crippen LogP contribution in [0.25, 0.3) is 0 Å². The van der Waals surface area contributed by atoms with Crippen molar-refractivity contribution in [1.29, 1.82) is 0 Å². The molecule has 0 amide bonds. The number of rotatable bonds is 6. The van der Waals surface area contributed by atoms with Crippen molar-refractivity contribution in [3.05, 3.63) is 29.8 Å². The van der Waals surface area contributed by atoms with Gasteiger partial charge in [-0.15, -0.1) is 23.6 Å². The molecule has 1 unspecified atom stereocenters. The van der Waals surface area contributed by atoms with Gasteiger partial charge in [-0.1, -0.05) is 25.1 Å². The van der Waals surface area contributed by atoms with Crippen molar-refractivity contribution in [2.45, 2.75) is 37.6 Å². The van der Waals surface area contributed by atoms with E-state index < -0.39 is 0 Å². The summed E-state index contributed by atoms with van der Waals surface area (Å²) in [4.78, 5) is 1.36. The highest BCUT2D eigenvalue weighted by molar-refractivity contribution is 7.98. The Bertz CT molecular complexity index is 389. The van der Waals surface area contributed by atoms with Gasteiger partial charge < -0.3 is 5.32 Å². The first-order valence-corrected chi connectivity index (χ1v) is 7.31. The first kappa shape index (κ1) is 14.2. The van der Waals surface area contributed by atoms with Crippen LogP contribution in [-0.2, 0) is 0 Å². The van der Waals surface area contributed by atoms with Gasteiger partial charge in [0.25, 0.3) is 0 Å². The molecule has 0 aliphatic heterocycles. The number of benzene rings is 1. The van der Waals surface area contributed by atoms with Crippen molar-refractivity contribution in [3.63, 3.8) is 0 Å². The Morgan fingerprint density at radius 3 is 2.76 bits per heavy atom. The summed E-state index contributed by atoms with van der Waals surface area (Å²) in [5, 5.41) is 3.55. The van der Waals surface area contributed by atoms with Crippen LogP contribution in [0.3, 0.4) is 0 Å². The second kappa shape index (κ2) is 8.22. The summed E-state index contributed by atoms with van der Waals surface area (Å²) >= 11 is 1.81. The fourth-order valence-corrected chi connectivity index (χ4v) is 2.57. The third-order valence-corrected chi connectivity index (χ3v) is 3.51. The van der Waals surface area contributed by atoms with Crippen molar-refractivity contribution >= 4 is 11.8 Å². The Labute approximate surface area is 109 Å². The van der Waals surface area contributed by atoms with Crippen LogP contribution in [0.15, 0.2) is 29.2 Å². The van der Waals surface area contributed by atoms with Gasteiger partial charge >= 0.3 is 0 Å². The van der Waals surface area contributed by atoms with Gasteiger partial charge in [0, 0.05) is 17.4 Å². The quantitative estimate of drug-likeness (QED) is 0.605. The number of hydrogen-bond acceptors (Lipinski definition) is 2. The lowest BCUT2D eigenvalue weighted by molar-refractivity contribution is 0.516. The number of hydrogen-bond donors (Lipinski definition) is 1. The second-order valence-electron chi connectivity index (χ2n) is 3.82. The van der Waals surface area contributed by atoms with Crippen molar-refractivity contribution in [2.75, 3.05) is 12.8 Å². The van der Waals surface area contributed by atoms with Crippen LogP contribution >= 0.6 is 11.8 Å². The molecule has 92 valence electrons. The monoisotopic (exact) mass is 247 g/mol. The van der Waals surface area contributed by atoms with Gasteiger partial charge in [0.05, 0.1) is 0 Å². The van der Waals surface area contributed by atoms with Gasteiger partial charge in [0.1, 0.15) is 0 Å². The Kier molecular flexibility index (Phi) is 6.84. The maximum Gasteiger partial charge on any atom is 0.0340 e. The lowest BCUT2D eigenvalue weighted by Gasteiger charge is -2.19. The second-order valence-corrected chi connectivity index (χ2v) is 4.67. The van der Waals surface area contributed by atoms with Crippen molar-refractivity contribution in [3.8, 4) is 11.8 Å². The van der Waals surface area contributed by atoms with Crippen LogP contribution in [0.4, 0.5) is 0 Å². The van der Waals surface area contributed by atoms with Crippen LogP contribution in [-0.4, -0.2) is 12.8 Å². The maximum absolute atomic E-state index is 3.55. The average Bonchev–Trinajstić information content (AvgIpc) is 2.38. The van der Waals surface area contributed by atoms with Gasteiger partial charge in [0.15, 0.2) is 0 Å². The third-order valence-electron chi connectivity index (χ3n) is 2.70. The minimum atomic E-state index is 0.421. The summed E-state index contributed by atoms with van der Waals surface area (Å²) in [5.74, 6) is 6.11. The molecule has 0 saturated heterocycles. The van der Waals surface area contributed by atoms with Crippen molar-refractivity contribution in [1.82, 2.24) is 5.32 Å². The summed E-state index contributed by atoms with van der Waals surface area (Å²) in [6.07, 6.45) is 4.16. The zero-order valence-electron chi connectivity index (χ0n) is 10.9. The van der Waals surface area contributed by atoms with E-state index in [1.807, 2.05) is 18.7 Å². The Morgan fingerprint density at radius 1 is 1.35 bits per heavy atom. The summed E-state index contributed by atoms with van der Waals surface area (Å²) in [5.41, 5.74) is 1.40. The average molecular weight is 247 g/mol. The van der Waals surface area contributed by atoms with Gasteiger partial charge in [-0.25, -0.2) is 0 Å². The summed E-state index contributed by atoms with van der Waals surface area (Å²) < 4.78 is 0. The predicted octanol–water partition coefficient (Wildman–Crippen LogP) is 3.86. The molecule has 0 radical (unpaired) electrons. The molecule has 1 N–H and O–H groups in total. The zero-order chi connectivity index (χ0) is 12.5. The van der Waals surface area contributed by atoms with E-state index in [2.05, 4.69) is 54.6 Å². The molecule has 1 aromatic carbocycles. The molecule has 1 aromatic rings. The maximum atomic E-state index is 3.55. The van der Waals surface area contributed by atoms with Crippen LogP contribution in [0, 0.1) is 11.8 Å². The highest BCUT2D eigenvalue weighted by atomic mass is 32.2. The molecular weight excluding hydrogens is 226 g/mol. The van der Waals surface area contributed by atoms with Gasteiger partial charge in [-0.3, -0.25) is 0 Å². The highest BCUT2D eigenvalue weighted by Crippen LogP contribution is 2.28. The molecule has 0 aliphatic carbocycles. The first-order chi connectivity index (χ1) is 8.33. The van der Waals surface area contributed by atoms with E-state index in [1.165, 1.54) is 10.5 Å². The minimum Gasteiger partial charge on any atom is -0.310 e. The van der Waals surface area contributed by atoms with E-state index in [0.717, 1.165) is 19.4 Å². The van der Waals surface area contributed by atoms with Crippen molar-refractivity contribution < 1.29 is 0 Å². The molecule has 0 heterocycles. The van der Waals surface area contributed by atoms with E-state index in [4.69, 9.17) is 0 Å². The molecule has 0 bridgehead atoms. The van der Waals surface area contributed by atoms with Crippen LogP contribution in [0.5, 0.6) is 0 Å². The molecular formula is C15H21NS. The molecule has 2 heteroatoms. The predicted molar refractivity (Wildman–Crippen MR) is 77.3 cm³/mol. The fourth-order valence-electron chi connectivity index (χ4n) is 1.91. The lowest BCUT2D eigenvalue weighted by atomic mass is 10.0. The Hall–Kier alpha value is -0.910. The van der Waals surface area contributed by atoms with Gasteiger partial charge in [0.2, 0.25) is 0 Å². The van der Waals surface area contributed by atoms with Crippen LogP contribution in [0.2, 0.25) is 0 Å². The molecule has 17 heavy (non-hydrogen) atoms. The zero-order valence-corrected chi connectivity index (χ0v) is 11.7. The minimum absolute atomic E-state index is 0.421. The van der Waals surface area contributed by atoms with E-state index in [-0.39, 0.29) is 0 Å². The molecule has 1 rings (SSSR count). The largest absolute Gasteiger partial charge is 0.310 e. The van der Waals surface area contributed by atoms with E-state index in [1.54, 1.807) is 0 Å². The molecule has 0 spiro atoms. The summed E-state index contributed by atoms with van der Waals surface area (Å²) in [6.45, 7) is 5.05. The topological polar surface area (TPSA) is 12.0 Å². The molecule has 0 aliphatic rings. The van der Waals surface area contributed by atoms with E-state index in [9.17, 15) is 0 Å². The summed E-state index contributed by atoms with van der Waals surface area (Å²) in [6, 6.07) is 9.05. The normalized spacial score (nSPS) is 11.7. The number of nitrogens with one attached hydrogen (secondary N) is 1. The third kappa shape index (κ3) is 4.46. The fraction of sp³-hybridized carbons (Fsp3) is 0.467. The van der Waals surface area contributed by atoms with Crippen molar-refractivity contribution in [2.24, 2.45) is 0 Å². The van der Waals surface area contributed by atoms with Gasteiger partial charge in [-0.05, 0) is 37.8 Å². The van der Waals surface area contributed by atoms with E-state index in [0.29, 0.717) is 6.04 Å². The lowest BCUT2D eigenvalue weighted by Crippen LogP contribution is -2.21. The molecule has 0 saturated carbocycles.